The number of ether oxygens (including phenoxy) is 1. The van der Waals surface area contributed by atoms with Gasteiger partial charge < -0.3 is 14.9 Å². The highest BCUT2D eigenvalue weighted by molar-refractivity contribution is 7.89. The van der Waals surface area contributed by atoms with E-state index >= 15 is 0 Å². The van der Waals surface area contributed by atoms with Crippen LogP contribution in [0.3, 0.4) is 0 Å². The van der Waals surface area contributed by atoms with E-state index in [1.165, 1.54) is 24.5 Å². The Hall–Kier alpha value is -2.05. The number of hydrogen-bond donors (Lipinski definition) is 3. The quantitative estimate of drug-likeness (QED) is 0.499. The van der Waals surface area contributed by atoms with Gasteiger partial charge in [-0.3, -0.25) is 0 Å². The molecule has 0 fully saturated rings. The average Bonchev–Trinajstić information content (AvgIpc) is 3.17. The van der Waals surface area contributed by atoms with Crippen LogP contribution in [-0.2, 0) is 15.6 Å². The number of sulfonamides is 1. The minimum absolute atomic E-state index is 0.0590. The number of imidazole rings is 1. The molecule has 0 aliphatic heterocycles. The molecule has 2 aromatic heterocycles. The van der Waals surface area contributed by atoms with Gasteiger partial charge in [-0.15, -0.1) is 0 Å². The molecule has 11 heteroatoms. The number of rotatable bonds is 7. The molecule has 3 rings (SSSR count). The lowest BCUT2D eigenvalue weighted by Crippen LogP contribution is -2.46. The number of aryl methyl sites for hydroxylation is 1. The van der Waals surface area contributed by atoms with Crippen LogP contribution in [0.2, 0.25) is 0 Å². The molecule has 0 aliphatic rings. The van der Waals surface area contributed by atoms with E-state index in [9.17, 15) is 18.6 Å². The highest BCUT2D eigenvalue weighted by atomic mass is 32.2. The molecule has 0 atom stereocenters. The summed E-state index contributed by atoms with van der Waals surface area (Å²) in [5, 5.41) is 24.7. The maximum absolute atomic E-state index is 13.0. The van der Waals surface area contributed by atoms with Crippen LogP contribution in [0.5, 0.6) is 5.75 Å². The van der Waals surface area contributed by atoms with E-state index in [1.807, 2.05) is 6.92 Å². The zero-order valence-corrected chi connectivity index (χ0v) is 19.3. The minimum Gasteiger partial charge on any atom is -0.495 e. The van der Waals surface area contributed by atoms with E-state index in [0.717, 1.165) is 0 Å². The van der Waals surface area contributed by atoms with Crippen LogP contribution in [0.25, 0.3) is 16.2 Å². The second-order valence-electron chi connectivity index (χ2n) is 8.22. The monoisotopic (exact) mass is 454 g/mol. The summed E-state index contributed by atoms with van der Waals surface area (Å²) in [6.07, 6.45) is 0. The van der Waals surface area contributed by atoms with Gasteiger partial charge in [-0.2, -0.15) is 5.10 Å². The van der Waals surface area contributed by atoms with E-state index < -0.39 is 21.2 Å². The largest absolute Gasteiger partial charge is 0.495 e. The van der Waals surface area contributed by atoms with Gasteiger partial charge in [0.25, 0.3) is 0 Å². The molecule has 0 bridgehead atoms. The number of nitrogens with zero attached hydrogens (tertiary/aromatic N) is 3. The van der Waals surface area contributed by atoms with Crippen LogP contribution in [0.15, 0.2) is 23.1 Å². The zero-order valence-electron chi connectivity index (χ0n) is 17.7. The van der Waals surface area contributed by atoms with Crippen molar-refractivity contribution < 1.29 is 23.4 Å². The van der Waals surface area contributed by atoms with Gasteiger partial charge in [0.05, 0.1) is 30.6 Å². The summed E-state index contributed by atoms with van der Waals surface area (Å²) in [4.78, 5) is 5.05. The summed E-state index contributed by atoms with van der Waals surface area (Å²) in [6, 6.07) is 4.79. The standard InChI is InChI=1S/C19H26N4O5S2/c1-11-15(23-17(20-11)29-16(21-23)19(4,5)25)12-7-8-13(28-6)14(9-12)30(26,27)22-18(2,3)10-24/h7-9,22,24-25H,10H2,1-6H3. The molecule has 0 spiro atoms. The normalized spacial score (nSPS) is 13.2. The topological polar surface area (TPSA) is 126 Å². The van der Waals surface area contributed by atoms with Gasteiger partial charge in [-0.1, -0.05) is 11.3 Å². The van der Waals surface area contributed by atoms with Crippen LogP contribution < -0.4 is 9.46 Å². The predicted molar refractivity (Wildman–Crippen MR) is 114 cm³/mol. The van der Waals surface area contributed by atoms with Crippen molar-refractivity contribution in [3.05, 3.63) is 28.9 Å². The molecule has 0 radical (unpaired) electrons. The number of fused-ring (bicyclic) bond motifs is 1. The van der Waals surface area contributed by atoms with Crippen molar-refractivity contribution in [2.45, 2.75) is 50.7 Å². The van der Waals surface area contributed by atoms with Crippen LogP contribution >= 0.6 is 11.3 Å². The number of aromatic nitrogens is 3. The maximum atomic E-state index is 13.0. The smallest absolute Gasteiger partial charge is 0.244 e. The molecule has 3 N–H and O–H groups in total. The van der Waals surface area contributed by atoms with Crippen LogP contribution in [-0.4, -0.2) is 52.5 Å². The predicted octanol–water partition coefficient (Wildman–Crippen LogP) is 2.05. The van der Waals surface area contributed by atoms with Crippen LogP contribution in [0.4, 0.5) is 0 Å². The zero-order chi connectivity index (χ0) is 22.5. The lowest BCUT2D eigenvalue weighted by atomic mass is 10.1. The second-order valence-corrected chi connectivity index (χ2v) is 10.8. The molecule has 9 nitrogen and oxygen atoms in total. The van der Waals surface area contributed by atoms with E-state index in [1.54, 1.807) is 44.3 Å². The van der Waals surface area contributed by atoms with Gasteiger partial charge in [0.1, 0.15) is 21.3 Å². The minimum atomic E-state index is -3.99. The molecule has 0 aliphatic carbocycles. The van der Waals surface area contributed by atoms with Gasteiger partial charge in [0.2, 0.25) is 15.0 Å². The highest BCUT2D eigenvalue weighted by Gasteiger charge is 2.29. The number of aliphatic hydroxyl groups excluding tert-OH is 1. The van der Waals surface area contributed by atoms with Gasteiger partial charge in [-0.05, 0) is 52.8 Å². The molecule has 0 saturated carbocycles. The Labute approximate surface area is 179 Å². The van der Waals surface area contributed by atoms with Crippen molar-refractivity contribution in [1.82, 2.24) is 19.3 Å². The Morgan fingerprint density at radius 2 is 1.93 bits per heavy atom. The number of benzene rings is 1. The number of aliphatic hydroxyl groups is 2. The molecular formula is C19H26N4O5S2. The number of methoxy groups -OCH3 is 1. The first-order valence-corrected chi connectivity index (χ1v) is 11.5. The third kappa shape index (κ3) is 4.21. The Kier molecular flexibility index (Phi) is 5.71. The fourth-order valence-electron chi connectivity index (χ4n) is 2.91. The van der Waals surface area contributed by atoms with Crippen LogP contribution in [0, 0.1) is 6.92 Å². The number of nitrogens with one attached hydrogen (secondary N) is 1. The fraction of sp³-hybridized carbons (Fsp3) is 0.474. The first-order valence-electron chi connectivity index (χ1n) is 9.21. The van der Waals surface area contributed by atoms with E-state index in [0.29, 0.717) is 26.9 Å². The van der Waals surface area contributed by atoms with Crippen molar-refractivity contribution >= 4 is 26.3 Å². The molecule has 3 aromatic rings. The van der Waals surface area contributed by atoms with Gasteiger partial charge in [0, 0.05) is 5.56 Å². The Bertz CT molecular complexity index is 1190. The first-order chi connectivity index (χ1) is 13.8. The van der Waals surface area contributed by atoms with Crippen molar-refractivity contribution in [2.75, 3.05) is 13.7 Å². The molecule has 1 aromatic carbocycles. The van der Waals surface area contributed by atoms with E-state index in [-0.39, 0.29) is 17.3 Å². The van der Waals surface area contributed by atoms with Crippen molar-refractivity contribution in [3.63, 3.8) is 0 Å². The molecule has 0 amide bonds. The molecule has 164 valence electrons. The fourth-order valence-corrected chi connectivity index (χ4v) is 5.46. The summed E-state index contributed by atoms with van der Waals surface area (Å²) >= 11 is 1.27. The molecular weight excluding hydrogens is 428 g/mol. The molecule has 2 heterocycles. The van der Waals surface area contributed by atoms with E-state index in [4.69, 9.17) is 4.74 Å². The summed E-state index contributed by atoms with van der Waals surface area (Å²) < 4.78 is 35.4. The Morgan fingerprint density at radius 1 is 1.27 bits per heavy atom. The lowest BCUT2D eigenvalue weighted by Gasteiger charge is -2.24. The SMILES string of the molecule is COc1ccc(-c2c(C)nc3sc(C(C)(C)O)nn23)cc1S(=O)(=O)NC(C)(C)CO. The van der Waals surface area contributed by atoms with Crippen molar-refractivity contribution in [3.8, 4) is 17.0 Å². The summed E-state index contributed by atoms with van der Waals surface area (Å²) in [5.41, 5.74) is -0.290. The summed E-state index contributed by atoms with van der Waals surface area (Å²) in [5.74, 6) is 0.175. The summed E-state index contributed by atoms with van der Waals surface area (Å²) in [6.45, 7) is 7.90. The molecule has 0 unspecified atom stereocenters. The second kappa shape index (κ2) is 7.57. The maximum Gasteiger partial charge on any atom is 0.244 e. The van der Waals surface area contributed by atoms with Crippen LogP contribution in [0.1, 0.15) is 38.4 Å². The third-order valence-electron chi connectivity index (χ3n) is 4.43. The van der Waals surface area contributed by atoms with Gasteiger partial charge in [0.15, 0.2) is 0 Å². The highest BCUT2D eigenvalue weighted by Crippen LogP contribution is 2.34. The average molecular weight is 455 g/mol. The lowest BCUT2D eigenvalue weighted by molar-refractivity contribution is 0.0773. The number of hydrogen-bond acceptors (Lipinski definition) is 8. The third-order valence-corrected chi connectivity index (χ3v) is 7.37. The Balaban J connectivity index is 2.18. The molecule has 0 saturated heterocycles. The van der Waals surface area contributed by atoms with Crippen molar-refractivity contribution in [1.29, 1.82) is 0 Å². The first kappa shape index (κ1) is 22.6. The Morgan fingerprint density at radius 3 is 2.50 bits per heavy atom. The van der Waals surface area contributed by atoms with Gasteiger partial charge >= 0.3 is 0 Å². The molecule has 30 heavy (non-hydrogen) atoms. The van der Waals surface area contributed by atoms with Gasteiger partial charge in [-0.25, -0.2) is 22.6 Å². The van der Waals surface area contributed by atoms with Crippen molar-refractivity contribution in [2.24, 2.45) is 0 Å². The summed E-state index contributed by atoms with van der Waals surface area (Å²) in [7, 11) is -2.60. The van der Waals surface area contributed by atoms with E-state index in [2.05, 4.69) is 14.8 Å².